The first-order valence-corrected chi connectivity index (χ1v) is 13.4. The molecular formula is C10H15NaO2SSi. The maximum absolute atomic E-state index is 12.0. The van der Waals surface area contributed by atoms with Crippen molar-refractivity contribution >= 4 is 41.5 Å². The molecule has 0 radical (unpaired) electrons. The molecular weight excluding hydrogens is 235 g/mol. The van der Waals surface area contributed by atoms with E-state index in [1.54, 1.807) is 12.1 Å². The predicted octanol–water partition coefficient (Wildman–Crippen LogP) is 1.68. The molecule has 0 aliphatic carbocycles. The number of hydrogen-bond donors (Lipinski definition) is 0. The molecule has 1 aromatic carbocycles. The Morgan fingerprint density at radius 3 is 2.07 bits per heavy atom. The van der Waals surface area contributed by atoms with Gasteiger partial charge in [0.2, 0.25) is 0 Å². The van der Waals surface area contributed by atoms with Crippen LogP contribution in [0.1, 0.15) is 5.56 Å². The van der Waals surface area contributed by atoms with Gasteiger partial charge in [-0.2, -0.15) is 0 Å². The fraction of sp³-hybridized carbons (Fsp3) is 0.400. The van der Waals surface area contributed by atoms with Crippen LogP contribution in [0.25, 0.3) is 0 Å². The molecule has 1 rings (SSSR count). The van der Waals surface area contributed by atoms with Crippen LogP contribution in [-0.2, 0) is 9.84 Å². The normalized spacial score (nSPS) is 12.9. The van der Waals surface area contributed by atoms with Crippen LogP contribution in [-0.4, -0.2) is 45.5 Å². The van der Waals surface area contributed by atoms with Gasteiger partial charge in [-0.3, -0.25) is 0 Å². The average molecular weight is 250 g/mol. The first-order valence-electron chi connectivity index (χ1n) is 5.00. The Morgan fingerprint density at radius 1 is 1.20 bits per heavy atom. The molecule has 5 heteroatoms. The molecule has 0 atom stereocenters. The van der Waals surface area contributed by atoms with Crippen molar-refractivity contribution in [3.8, 4) is 0 Å². The molecule has 0 unspecified atom stereocenters. The Kier molecular flexibility index (Phi) is 4.23. The van der Waals surface area contributed by atoms with Crippen LogP contribution in [0, 0.1) is 6.92 Å². The van der Waals surface area contributed by atoms with Crippen molar-refractivity contribution < 1.29 is 8.42 Å². The number of rotatable bonds is 3. The topological polar surface area (TPSA) is 34.1 Å². The summed E-state index contributed by atoms with van der Waals surface area (Å²) in [6, 6.07) is 7.14. The molecule has 0 aromatic heterocycles. The van der Waals surface area contributed by atoms with E-state index >= 15 is 0 Å². The summed E-state index contributed by atoms with van der Waals surface area (Å²) in [5.74, 6) is 0. The summed E-state index contributed by atoms with van der Waals surface area (Å²) in [6.07, 6.45) is 0. The van der Waals surface area contributed by atoms with Crippen LogP contribution in [0.3, 0.4) is 0 Å². The molecule has 0 aliphatic heterocycles. The zero-order chi connectivity index (χ0) is 11.7. The Balaban J connectivity index is 3.02. The van der Waals surface area contributed by atoms with Crippen molar-refractivity contribution in [2.45, 2.75) is 24.9 Å². The van der Waals surface area contributed by atoms with Gasteiger partial charge in [0.15, 0.2) is 0 Å². The van der Waals surface area contributed by atoms with Gasteiger partial charge in [-0.15, -0.1) is 0 Å². The van der Waals surface area contributed by atoms with E-state index in [0.717, 1.165) is 32.6 Å². The molecule has 0 heterocycles. The third-order valence-corrected chi connectivity index (χ3v) is 10.6. The number of aryl methyl sites for hydroxylation is 1. The maximum atomic E-state index is 12.0. The Hall–Kier alpha value is 0.387. The van der Waals surface area contributed by atoms with E-state index in [9.17, 15) is 8.42 Å². The average Bonchev–Trinajstić information content (AvgIpc) is 2.00. The Labute approximate surface area is 109 Å². The molecule has 15 heavy (non-hydrogen) atoms. The predicted molar refractivity (Wildman–Crippen MR) is 66.5 cm³/mol. The fourth-order valence-electron chi connectivity index (χ4n) is 1.40. The number of sulfone groups is 1. The van der Waals surface area contributed by atoms with Crippen molar-refractivity contribution in [1.29, 1.82) is 0 Å². The van der Waals surface area contributed by atoms with Gasteiger partial charge in [0.05, 0.1) is 0 Å². The van der Waals surface area contributed by atoms with E-state index in [4.69, 9.17) is 0 Å². The first kappa shape index (κ1) is 13.5. The summed E-state index contributed by atoms with van der Waals surface area (Å²) in [5, 5.41) is 0.384. The molecule has 0 saturated carbocycles. The number of benzene rings is 1. The standard InChI is InChI=1S/C10H15O2SSi.Na/c1-9-4-6-10(7-5-9)13(11,12)8-14(2)3;/h4-7H,8H2,1-3H3;. The van der Waals surface area contributed by atoms with Crippen LogP contribution in [0.5, 0.6) is 0 Å². The summed E-state index contributed by atoms with van der Waals surface area (Å²) in [5.41, 5.74) is 1.09. The Morgan fingerprint density at radius 2 is 1.67 bits per heavy atom. The van der Waals surface area contributed by atoms with E-state index in [2.05, 4.69) is 13.1 Å². The van der Waals surface area contributed by atoms with Gasteiger partial charge >= 0.3 is 110 Å². The molecule has 0 saturated heterocycles. The summed E-state index contributed by atoms with van der Waals surface area (Å²) < 4.78 is 22.6. The van der Waals surface area contributed by atoms with Crippen molar-refractivity contribution in [3.63, 3.8) is 0 Å². The van der Waals surface area contributed by atoms with Crippen LogP contribution < -0.4 is 0 Å². The van der Waals surface area contributed by atoms with Crippen molar-refractivity contribution in [2.75, 3.05) is 5.38 Å². The van der Waals surface area contributed by atoms with Gasteiger partial charge in [-0.05, 0) is 0 Å². The monoisotopic (exact) mass is 250 g/mol. The molecule has 2 nitrogen and oxygen atoms in total. The van der Waals surface area contributed by atoms with Crippen molar-refractivity contribution in [3.05, 3.63) is 29.8 Å². The summed E-state index contributed by atoms with van der Waals surface area (Å²) in [6.45, 7) is 6.22. The van der Waals surface area contributed by atoms with Gasteiger partial charge in [0, 0.05) is 0 Å². The second-order valence-electron chi connectivity index (χ2n) is 5.13. The minimum atomic E-state index is -3.04. The zero-order valence-corrected chi connectivity index (χ0v) is 13.6. The molecule has 0 amide bonds. The van der Waals surface area contributed by atoms with Crippen molar-refractivity contribution in [2.24, 2.45) is 0 Å². The Bertz CT molecular complexity index is 431. The summed E-state index contributed by atoms with van der Waals surface area (Å²) in [7, 11) is -3.04. The molecule has 0 aliphatic rings. The molecule has 1 aromatic rings. The molecule has 0 spiro atoms. The fourth-order valence-corrected chi connectivity index (χ4v) is 10.6. The summed E-state index contributed by atoms with van der Waals surface area (Å²) >= 11 is 1.02. The molecule has 0 fully saturated rings. The third kappa shape index (κ3) is 4.40. The zero-order valence-electron chi connectivity index (χ0n) is 9.74. The summed E-state index contributed by atoms with van der Waals surface area (Å²) in [4.78, 5) is 0.476. The molecule has 0 bridgehead atoms. The molecule has 78 valence electrons. The first-order chi connectivity index (χ1) is 6.71. The van der Waals surface area contributed by atoms with Crippen molar-refractivity contribution in [1.82, 2.24) is 0 Å². The third-order valence-electron chi connectivity index (χ3n) is 2.00. The van der Waals surface area contributed by atoms with Crippen LogP contribution >= 0.6 is 0 Å². The SMILES string of the molecule is Cc1ccc(S(=O)(=O)C[Si](C)(C)[Na])cc1. The van der Waals surface area contributed by atoms with Crippen LogP contribution in [0.4, 0.5) is 0 Å². The van der Waals surface area contributed by atoms with E-state index in [-0.39, 0.29) is 0 Å². The number of hydrogen-bond acceptors (Lipinski definition) is 2. The van der Waals surface area contributed by atoms with Gasteiger partial charge in [-0.25, -0.2) is 0 Å². The van der Waals surface area contributed by atoms with E-state index in [1.165, 1.54) is 0 Å². The van der Waals surface area contributed by atoms with E-state index in [1.807, 2.05) is 19.1 Å². The quantitative estimate of drug-likeness (QED) is 0.765. The van der Waals surface area contributed by atoms with Crippen LogP contribution in [0.15, 0.2) is 29.2 Å². The van der Waals surface area contributed by atoms with Gasteiger partial charge in [0.1, 0.15) is 0 Å². The van der Waals surface area contributed by atoms with E-state index in [0.29, 0.717) is 10.3 Å². The molecule has 0 N–H and O–H groups in total. The van der Waals surface area contributed by atoms with Crippen LogP contribution in [0.2, 0.25) is 13.1 Å². The van der Waals surface area contributed by atoms with Gasteiger partial charge in [-0.1, -0.05) is 0 Å². The van der Waals surface area contributed by atoms with Gasteiger partial charge < -0.3 is 0 Å². The van der Waals surface area contributed by atoms with E-state index < -0.39 is 14.5 Å². The minimum absolute atomic E-state index is 0.384. The second-order valence-corrected chi connectivity index (χ2v) is 21.2. The second kappa shape index (κ2) is 4.71. The van der Waals surface area contributed by atoms with Gasteiger partial charge in [0.25, 0.3) is 0 Å².